The molecule has 0 aromatic heterocycles. The number of unbranched alkanes of at least 4 members (excludes halogenated alkanes) is 13. The summed E-state index contributed by atoms with van der Waals surface area (Å²) in [6.07, 6.45) is 24.0. The molecule has 0 aliphatic carbocycles. The Balaban J connectivity index is 0.966. The standard InChI is InChI=1S/C60H86N4O8S4/c1-47(45-75-73-3)21-15-11-7-5-9-13-17-39-69-57(65)61-53-31-23-49(24-32-53)43-51-27-35-55(36-28-51)63-59(67)71-41-19-20-42-72-60(68)64-56-37-29-52(30-38-56)44-50-25-33-54(34-26-50)62-58(66)70-40-18-14-10-6-8-12-16-22-48(2)46-76-74-4/h23-38,47-48H,5-22,39-46H2,1-4H3,(H,61,65)(H,62,66)(H,63,67)(H,64,68). The number of ether oxygens (including phenoxy) is 4. The first-order chi connectivity index (χ1) is 37.1. The maximum absolute atomic E-state index is 12.4. The van der Waals surface area contributed by atoms with Gasteiger partial charge in [0.1, 0.15) is 0 Å². The van der Waals surface area contributed by atoms with E-state index in [2.05, 4.69) is 47.6 Å². The van der Waals surface area contributed by atoms with E-state index < -0.39 is 24.4 Å². The van der Waals surface area contributed by atoms with Crippen LogP contribution in [0.25, 0.3) is 0 Å². The molecule has 0 aliphatic rings. The molecule has 0 saturated carbocycles. The quantitative estimate of drug-likeness (QED) is 0.0191. The van der Waals surface area contributed by atoms with Gasteiger partial charge in [-0.1, -0.05) is 183 Å². The molecular formula is C60H86N4O8S4. The number of hydrogen-bond donors (Lipinski definition) is 4. The maximum Gasteiger partial charge on any atom is 0.411 e. The van der Waals surface area contributed by atoms with Crippen LogP contribution in [0.5, 0.6) is 0 Å². The number of carbonyl (C=O) groups is 4. The average molecular weight is 1120 g/mol. The summed E-state index contributed by atoms with van der Waals surface area (Å²) in [6, 6.07) is 30.5. The van der Waals surface area contributed by atoms with Gasteiger partial charge in [-0.15, -0.1) is 0 Å². The first kappa shape index (κ1) is 63.9. The Morgan fingerprint density at radius 1 is 0.355 bits per heavy atom. The van der Waals surface area contributed by atoms with Crippen LogP contribution in [0.15, 0.2) is 97.1 Å². The molecular weight excluding hydrogens is 1030 g/mol. The summed E-state index contributed by atoms with van der Waals surface area (Å²) >= 11 is 0. The van der Waals surface area contributed by atoms with Gasteiger partial charge in [-0.25, -0.2) is 19.2 Å². The van der Waals surface area contributed by atoms with Crippen molar-refractivity contribution in [2.24, 2.45) is 11.8 Å². The summed E-state index contributed by atoms with van der Waals surface area (Å²) in [4.78, 5) is 49.4. The fourth-order valence-electron chi connectivity index (χ4n) is 8.27. The highest BCUT2D eigenvalue weighted by Crippen LogP contribution is 2.25. The lowest BCUT2D eigenvalue weighted by molar-refractivity contribution is 0.143. The van der Waals surface area contributed by atoms with Crippen molar-refractivity contribution in [3.63, 3.8) is 0 Å². The minimum atomic E-state index is -0.556. The molecule has 4 aromatic rings. The number of carbonyl (C=O) groups excluding carboxylic acids is 4. The molecule has 76 heavy (non-hydrogen) atoms. The Kier molecular flexibility index (Phi) is 34.1. The van der Waals surface area contributed by atoms with Gasteiger partial charge in [-0.05, 0) is 146 Å². The van der Waals surface area contributed by atoms with Gasteiger partial charge in [-0.3, -0.25) is 21.3 Å². The van der Waals surface area contributed by atoms with Crippen LogP contribution in [0.2, 0.25) is 0 Å². The minimum Gasteiger partial charge on any atom is -0.449 e. The van der Waals surface area contributed by atoms with Gasteiger partial charge >= 0.3 is 24.4 Å². The van der Waals surface area contributed by atoms with Gasteiger partial charge < -0.3 is 18.9 Å². The zero-order chi connectivity index (χ0) is 54.3. The van der Waals surface area contributed by atoms with Gasteiger partial charge in [-0.2, -0.15) is 0 Å². The van der Waals surface area contributed by atoms with Crippen molar-refractivity contribution in [2.45, 2.75) is 142 Å². The monoisotopic (exact) mass is 1120 g/mol. The van der Waals surface area contributed by atoms with Gasteiger partial charge in [0.05, 0.1) is 26.4 Å². The highest BCUT2D eigenvalue weighted by Gasteiger charge is 2.10. The fraction of sp³-hybridized carbons (Fsp3) is 0.533. The Morgan fingerprint density at radius 3 is 0.829 bits per heavy atom. The largest absolute Gasteiger partial charge is 0.449 e. The lowest BCUT2D eigenvalue weighted by atomic mass is 10.0. The van der Waals surface area contributed by atoms with Gasteiger partial charge in [0.15, 0.2) is 0 Å². The predicted molar refractivity (Wildman–Crippen MR) is 325 cm³/mol. The number of rotatable bonds is 39. The van der Waals surface area contributed by atoms with Crippen LogP contribution in [0.3, 0.4) is 0 Å². The van der Waals surface area contributed by atoms with Gasteiger partial charge in [0.25, 0.3) is 0 Å². The van der Waals surface area contributed by atoms with Gasteiger partial charge in [0.2, 0.25) is 0 Å². The van der Waals surface area contributed by atoms with Crippen LogP contribution in [-0.2, 0) is 31.8 Å². The topological polar surface area (TPSA) is 153 Å². The Hall–Kier alpha value is -4.64. The highest BCUT2D eigenvalue weighted by molar-refractivity contribution is 8.76. The van der Waals surface area contributed by atoms with E-state index in [1.54, 1.807) is 0 Å². The van der Waals surface area contributed by atoms with Crippen molar-refractivity contribution >= 4 is 90.3 Å². The summed E-state index contributed by atoms with van der Waals surface area (Å²) in [5.41, 5.74) is 6.91. The van der Waals surface area contributed by atoms with E-state index in [4.69, 9.17) is 18.9 Å². The fourth-order valence-corrected chi connectivity index (χ4v) is 11.5. The van der Waals surface area contributed by atoms with Crippen LogP contribution in [0.4, 0.5) is 41.9 Å². The third-order valence-electron chi connectivity index (χ3n) is 12.7. The number of amides is 4. The summed E-state index contributed by atoms with van der Waals surface area (Å²) < 4.78 is 21.4. The molecule has 4 rings (SSSR count). The molecule has 4 N–H and O–H groups in total. The maximum atomic E-state index is 12.4. The van der Waals surface area contributed by atoms with Crippen molar-refractivity contribution in [1.82, 2.24) is 0 Å². The van der Waals surface area contributed by atoms with Crippen molar-refractivity contribution in [3.8, 4) is 0 Å². The number of benzene rings is 4. The van der Waals surface area contributed by atoms with E-state index in [9.17, 15) is 19.2 Å². The van der Waals surface area contributed by atoms with Crippen LogP contribution in [-0.4, -0.2) is 74.8 Å². The molecule has 2 atom stereocenters. The Bertz CT molecular complexity index is 2030. The summed E-state index contributed by atoms with van der Waals surface area (Å²) in [7, 11) is 7.62. The summed E-state index contributed by atoms with van der Waals surface area (Å²) in [5.74, 6) is 4.09. The molecule has 4 aromatic carbocycles. The van der Waals surface area contributed by atoms with E-state index in [0.29, 0.717) is 61.6 Å². The van der Waals surface area contributed by atoms with E-state index in [1.807, 2.05) is 140 Å². The van der Waals surface area contributed by atoms with Crippen molar-refractivity contribution in [1.29, 1.82) is 0 Å². The Labute approximate surface area is 470 Å². The zero-order valence-corrected chi connectivity index (χ0v) is 48.9. The van der Waals surface area contributed by atoms with Crippen molar-refractivity contribution in [3.05, 3.63) is 119 Å². The van der Waals surface area contributed by atoms with E-state index >= 15 is 0 Å². The smallest absolute Gasteiger partial charge is 0.411 e. The lowest BCUT2D eigenvalue weighted by Gasteiger charge is -2.10. The number of hydrogen-bond acceptors (Lipinski definition) is 12. The normalized spacial score (nSPS) is 11.8. The molecule has 12 nitrogen and oxygen atoms in total. The summed E-state index contributed by atoms with van der Waals surface area (Å²) in [6.45, 7) is 5.91. The molecule has 16 heteroatoms. The first-order valence-electron chi connectivity index (χ1n) is 27.5. The van der Waals surface area contributed by atoms with Crippen LogP contribution < -0.4 is 21.3 Å². The minimum absolute atomic E-state index is 0.182. The lowest BCUT2D eigenvalue weighted by Crippen LogP contribution is -2.16. The van der Waals surface area contributed by atoms with Crippen LogP contribution >= 0.6 is 43.2 Å². The molecule has 0 saturated heterocycles. The number of nitrogens with one attached hydrogen (secondary N) is 4. The molecule has 0 radical (unpaired) electrons. The third kappa shape index (κ3) is 30.9. The van der Waals surface area contributed by atoms with E-state index in [1.165, 1.54) is 88.6 Å². The average Bonchev–Trinajstić information content (AvgIpc) is 3.41. The van der Waals surface area contributed by atoms with E-state index in [-0.39, 0.29) is 13.2 Å². The van der Waals surface area contributed by atoms with Crippen molar-refractivity contribution < 1.29 is 38.1 Å². The second-order valence-electron chi connectivity index (χ2n) is 19.5. The van der Waals surface area contributed by atoms with Crippen LogP contribution in [0, 0.1) is 11.8 Å². The second-order valence-corrected chi connectivity index (χ2v) is 24.8. The molecule has 0 fully saturated rings. The second kappa shape index (κ2) is 40.6. The van der Waals surface area contributed by atoms with Gasteiger partial charge in [0, 0.05) is 34.3 Å². The molecule has 0 heterocycles. The predicted octanol–water partition coefficient (Wildman–Crippen LogP) is 18.1. The SMILES string of the molecule is CSSCC(C)CCCCCCCCCOC(=O)Nc1ccc(Cc2ccc(NC(=O)OCCCCOC(=O)Nc3ccc(Cc4ccc(NC(=O)OCCCCCCCCCC(C)CSSC)cc4)cc3)cc2)cc1. The number of anilines is 4. The van der Waals surface area contributed by atoms with Crippen molar-refractivity contribution in [2.75, 3.05) is 71.7 Å². The molecule has 0 aliphatic heterocycles. The van der Waals surface area contributed by atoms with Crippen LogP contribution in [0.1, 0.15) is 152 Å². The Morgan fingerprint density at radius 2 is 0.579 bits per heavy atom. The summed E-state index contributed by atoms with van der Waals surface area (Å²) in [5, 5.41) is 11.1. The molecule has 0 spiro atoms. The third-order valence-corrected chi connectivity index (χ3v) is 16.8. The highest BCUT2D eigenvalue weighted by atomic mass is 33.1. The first-order valence-corrected chi connectivity index (χ1v) is 33.0. The zero-order valence-electron chi connectivity index (χ0n) is 45.7. The van der Waals surface area contributed by atoms with E-state index in [0.717, 1.165) is 59.8 Å². The molecule has 4 amide bonds. The molecule has 2 unspecified atom stereocenters. The molecule has 418 valence electrons. The molecule has 0 bridgehead atoms.